The molecule has 9 heavy (non-hydrogen) atoms. The number of carbonyl (C=O) groups excluding carboxylic acids is 2. The highest BCUT2D eigenvalue weighted by Gasteiger charge is 2.04. The highest BCUT2D eigenvalue weighted by atomic mass is 16.5. The van der Waals surface area contributed by atoms with Gasteiger partial charge in [0.2, 0.25) is 0 Å². The molecule has 4 heteroatoms. The standard InChI is InChI=1S/C5H7O4/c1-9-5(8)3-2-4(6)7/h2-3H2,1H3. The molecule has 0 aromatic heterocycles. The van der Waals surface area contributed by atoms with Crippen LogP contribution in [0, 0.1) is 0 Å². The largest absolute Gasteiger partial charge is 0.469 e. The number of methoxy groups -OCH3 is 1. The van der Waals surface area contributed by atoms with Crippen LogP contribution in [0.2, 0.25) is 0 Å². The molecule has 0 aliphatic rings. The van der Waals surface area contributed by atoms with Crippen LogP contribution >= 0.6 is 0 Å². The number of ether oxygens (including phenoxy) is 1. The minimum absolute atomic E-state index is 0.112. The average Bonchev–Trinajstić information content (AvgIpc) is 1.83. The average molecular weight is 131 g/mol. The second kappa shape index (κ2) is 3.88. The molecule has 0 bridgehead atoms. The second-order valence-corrected chi connectivity index (χ2v) is 1.45. The second-order valence-electron chi connectivity index (χ2n) is 1.45. The summed E-state index contributed by atoms with van der Waals surface area (Å²) >= 11 is 0. The van der Waals surface area contributed by atoms with E-state index in [0.29, 0.717) is 0 Å². The molecule has 0 aliphatic heterocycles. The van der Waals surface area contributed by atoms with E-state index in [1.54, 1.807) is 0 Å². The summed E-state index contributed by atoms with van der Waals surface area (Å²) in [4.78, 5) is 19.9. The zero-order chi connectivity index (χ0) is 7.28. The zero-order valence-electron chi connectivity index (χ0n) is 5.05. The molecule has 0 fully saturated rings. The lowest BCUT2D eigenvalue weighted by molar-refractivity contribution is -0.148. The van der Waals surface area contributed by atoms with Gasteiger partial charge in [-0.05, 0) is 0 Å². The Morgan fingerprint density at radius 3 is 2.22 bits per heavy atom. The van der Waals surface area contributed by atoms with Gasteiger partial charge in [0.05, 0.1) is 20.0 Å². The number of hydrogen-bond acceptors (Lipinski definition) is 3. The fraction of sp³-hybridized carbons (Fsp3) is 0.600. The summed E-state index contributed by atoms with van der Waals surface area (Å²) in [6.07, 6.45) is -0.383. The first-order valence-corrected chi connectivity index (χ1v) is 2.43. The van der Waals surface area contributed by atoms with Gasteiger partial charge in [0, 0.05) is 0 Å². The van der Waals surface area contributed by atoms with E-state index in [0.717, 1.165) is 0 Å². The van der Waals surface area contributed by atoms with Gasteiger partial charge in [-0.15, -0.1) is 0 Å². The van der Waals surface area contributed by atoms with E-state index in [1.807, 2.05) is 0 Å². The topological polar surface area (TPSA) is 63.3 Å². The quantitative estimate of drug-likeness (QED) is 0.502. The van der Waals surface area contributed by atoms with Crippen molar-refractivity contribution in [1.29, 1.82) is 0 Å². The van der Waals surface area contributed by atoms with E-state index in [-0.39, 0.29) is 12.8 Å². The highest BCUT2D eigenvalue weighted by Crippen LogP contribution is 1.90. The van der Waals surface area contributed by atoms with Crippen LogP contribution < -0.4 is 0 Å². The first-order valence-electron chi connectivity index (χ1n) is 2.43. The van der Waals surface area contributed by atoms with E-state index in [4.69, 9.17) is 0 Å². The van der Waals surface area contributed by atoms with Crippen LogP contribution in [0.4, 0.5) is 0 Å². The molecule has 0 unspecified atom stereocenters. The van der Waals surface area contributed by atoms with Crippen LogP contribution in [-0.2, 0) is 19.4 Å². The Bertz CT molecular complexity index is 118. The summed E-state index contributed by atoms with van der Waals surface area (Å²) in [6.45, 7) is 0. The van der Waals surface area contributed by atoms with Gasteiger partial charge in [-0.1, -0.05) is 0 Å². The van der Waals surface area contributed by atoms with Crippen LogP contribution in [0.1, 0.15) is 12.8 Å². The van der Waals surface area contributed by atoms with Crippen LogP contribution in [0.5, 0.6) is 0 Å². The van der Waals surface area contributed by atoms with Crippen molar-refractivity contribution >= 4 is 11.9 Å². The van der Waals surface area contributed by atoms with Gasteiger partial charge < -0.3 is 4.74 Å². The zero-order valence-corrected chi connectivity index (χ0v) is 5.05. The first kappa shape index (κ1) is 7.94. The fourth-order valence-electron chi connectivity index (χ4n) is 0.306. The van der Waals surface area contributed by atoms with Crippen LogP contribution in [-0.4, -0.2) is 19.0 Å². The van der Waals surface area contributed by atoms with Gasteiger partial charge in [0.25, 0.3) is 0 Å². The van der Waals surface area contributed by atoms with Crippen molar-refractivity contribution in [3.05, 3.63) is 0 Å². The molecule has 4 nitrogen and oxygen atoms in total. The van der Waals surface area contributed by atoms with Crippen molar-refractivity contribution in [3.63, 3.8) is 0 Å². The molecule has 1 radical (unpaired) electrons. The summed E-state index contributed by atoms with van der Waals surface area (Å²) in [5.41, 5.74) is 0. The molecule has 0 spiro atoms. The van der Waals surface area contributed by atoms with Gasteiger partial charge in [0.15, 0.2) is 0 Å². The maximum absolute atomic E-state index is 10.2. The third-order valence-corrected chi connectivity index (χ3v) is 0.761. The summed E-state index contributed by atoms with van der Waals surface area (Å²) in [7, 11) is 1.21. The summed E-state index contributed by atoms with van der Waals surface area (Å²) in [5.74, 6) is -1.76. The maximum atomic E-state index is 10.2. The molecule has 0 aliphatic carbocycles. The van der Waals surface area contributed by atoms with E-state index in [1.165, 1.54) is 7.11 Å². The smallest absolute Gasteiger partial charge is 0.356 e. The molecule has 51 valence electrons. The molecular formula is C5H7O4. The molecule has 0 atom stereocenters. The fourth-order valence-corrected chi connectivity index (χ4v) is 0.306. The van der Waals surface area contributed by atoms with Crippen molar-refractivity contribution in [2.45, 2.75) is 12.8 Å². The Hall–Kier alpha value is -1.06. The molecule has 0 saturated carbocycles. The van der Waals surface area contributed by atoms with Crippen molar-refractivity contribution in [2.24, 2.45) is 0 Å². The predicted octanol–water partition coefficient (Wildman–Crippen LogP) is -0.103. The van der Waals surface area contributed by atoms with Gasteiger partial charge in [-0.2, -0.15) is 0 Å². The van der Waals surface area contributed by atoms with E-state index >= 15 is 0 Å². The van der Waals surface area contributed by atoms with Crippen molar-refractivity contribution in [1.82, 2.24) is 0 Å². The Balaban J connectivity index is 3.28. The van der Waals surface area contributed by atoms with Gasteiger partial charge in [-0.25, -0.2) is 9.90 Å². The SMILES string of the molecule is COC(=O)CCC([O])=O. The Morgan fingerprint density at radius 2 is 1.89 bits per heavy atom. The van der Waals surface area contributed by atoms with Crippen molar-refractivity contribution in [3.8, 4) is 0 Å². The summed E-state index contributed by atoms with van der Waals surface area (Å²) in [5, 5.41) is 9.70. The lowest BCUT2D eigenvalue weighted by Gasteiger charge is -1.91. The van der Waals surface area contributed by atoms with E-state index < -0.39 is 11.9 Å². The summed E-state index contributed by atoms with van der Waals surface area (Å²) < 4.78 is 4.17. The molecule has 0 aromatic carbocycles. The predicted molar refractivity (Wildman–Crippen MR) is 26.9 cm³/mol. The first-order chi connectivity index (χ1) is 4.16. The highest BCUT2D eigenvalue weighted by molar-refractivity contribution is 5.76. The third kappa shape index (κ3) is 4.80. The molecular weight excluding hydrogens is 124 g/mol. The van der Waals surface area contributed by atoms with Gasteiger partial charge in [0.1, 0.15) is 0 Å². The third-order valence-electron chi connectivity index (χ3n) is 0.761. The number of esters is 1. The van der Waals surface area contributed by atoms with Crippen LogP contribution in [0.3, 0.4) is 0 Å². The Morgan fingerprint density at radius 1 is 1.33 bits per heavy atom. The minimum Gasteiger partial charge on any atom is -0.469 e. The number of carbonyl (C=O) groups is 2. The Labute approximate surface area is 52.4 Å². The Kier molecular flexibility index (Phi) is 3.43. The van der Waals surface area contributed by atoms with E-state index in [2.05, 4.69) is 4.74 Å². The lowest BCUT2D eigenvalue weighted by Crippen LogP contribution is -2.03. The lowest BCUT2D eigenvalue weighted by atomic mass is 10.3. The number of rotatable bonds is 3. The van der Waals surface area contributed by atoms with Crippen LogP contribution in [0.25, 0.3) is 0 Å². The normalized spacial score (nSPS) is 8.56. The summed E-state index contributed by atoms with van der Waals surface area (Å²) in [6, 6.07) is 0. The molecule has 0 aromatic rings. The molecule has 0 heterocycles. The molecule has 0 amide bonds. The van der Waals surface area contributed by atoms with Crippen molar-refractivity contribution < 1.29 is 19.4 Å². The minimum atomic E-state index is -1.24. The van der Waals surface area contributed by atoms with Gasteiger partial charge >= 0.3 is 11.9 Å². The molecule has 0 saturated heterocycles. The number of hydrogen-bond donors (Lipinski definition) is 0. The monoisotopic (exact) mass is 131 g/mol. The van der Waals surface area contributed by atoms with Crippen molar-refractivity contribution in [2.75, 3.05) is 7.11 Å². The van der Waals surface area contributed by atoms with Crippen LogP contribution in [0.15, 0.2) is 0 Å². The maximum Gasteiger partial charge on any atom is 0.356 e. The molecule has 0 rings (SSSR count). The van der Waals surface area contributed by atoms with Gasteiger partial charge in [-0.3, -0.25) is 4.79 Å². The molecule has 0 N–H and O–H groups in total. The van der Waals surface area contributed by atoms with E-state index in [9.17, 15) is 14.7 Å².